The van der Waals surface area contributed by atoms with Gasteiger partial charge in [0, 0.05) is 6.04 Å². The molecule has 2 nitrogen and oxygen atoms in total. The summed E-state index contributed by atoms with van der Waals surface area (Å²) in [5, 5.41) is 3.65. The lowest BCUT2D eigenvalue weighted by Crippen LogP contribution is -2.42. The van der Waals surface area contributed by atoms with Gasteiger partial charge < -0.3 is 10.2 Å². The molecule has 0 aromatic carbocycles. The molecule has 0 aromatic heterocycles. The summed E-state index contributed by atoms with van der Waals surface area (Å²) in [5.41, 5.74) is 0. The maximum absolute atomic E-state index is 3.65. The second-order valence-electron chi connectivity index (χ2n) is 6.10. The normalized spacial score (nSPS) is 21.0. The van der Waals surface area contributed by atoms with Gasteiger partial charge in [-0.2, -0.15) is 0 Å². The lowest BCUT2D eigenvalue weighted by molar-refractivity contribution is 0.157. The Morgan fingerprint density at radius 2 is 1.82 bits per heavy atom. The maximum Gasteiger partial charge on any atom is 0.00679 e. The van der Waals surface area contributed by atoms with Gasteiger partial charge >= 0.3 is 0 Å². The van der Waals surface area contributed by atoms with Crippen LogP contribution in [0.2, 0.25) is 0 Å². The molecule has 1 aliphatic heterocycles. The van der Waals surface area contributed by atoms with Crippen molar-refractivity contribution in [3.05, 3.63) is 0 Å². The van der Waals surface area contributed by atoms with Crippen LogP contribution in [0.3, 0.4) is 0 Å². The fourth-order valence-corrected chi connectivity index (χ4v) is 2.66. The van der Waals surface area contributed by atoms with Crippen LogP contribution in [0.5, 0.6) is 0 Å². The van der Waals surface area contributed by atoms with Crippen molar-refractivity contribution in [2.24, 2.45) is 11.8 Å². The number of rotatable bonds is 7. The molecule has 0 amide bonds. The third-order valence-corrected chi connectivity index (χ3v) is 4.08. The largest absolute Gasteiger partial charge is 0.314 e. The van der Waals surface area contributed by atoms with Crippen molar-refractivity contribution in [3.63, 3.8) is 0 Å². The third kappa shape index (κ3) is 5.87. The average molecular weight is 240 g/mol. The van der Waals surface area contributed by atoms with E-state index >= 15 is 0 Å². The number of likely N-dealkylation sites (tertiary alicyclic amines) is 1. The average Bonchev–Trinajstić information content (AvgIpc) is 2.34. The molecular weight excluding hydrogens is 208 g/mol. The van der Waals surface area contributed by atoms with Gasteiger partial charge in [-0.05, 0) is 70.6 Å². The van der Waals surface area contributed by atoms with Gasteiger partial charge in [-0.15, -0.1) is 0 Å². The smallest absolute Gasteiger partial charge is 0.00679 e. The van der Waals surface area contributed by atoms with Crippen molar-refractivity contribution in [2.75, 3.05) is 26.2 Å². The Hall–Kier alpha value is -0.0800. The molecule has 102 valence electrons. The highest BCUT2D eigenvalue weighted by molar-refractivity contribution is 4.79. The molecule has 0 spiro atoms. The van der Waals surface area contributed by atoms with Crippen LogP contribution < -0.4 is 5.32 Å². The Balaban J connectivity index is 2.16. The minimum Gasteiger partial charge on any atom is -0.314 e. The summed E-state index contributed by atoms with van der Waals surface area (Å²) in [6.07, 6.45) is 5.37. The summed E-state index contributed by atoms with van der Waals surface area (Å²) < 4.78 is 0. The van der Waals surface area contributed by atoms with E-state index in [0.717, 1.165) is 11.8 Å². The first-order valence-corrected chi connectivity index (χ1v) is 7.59. The Morgan fingerprint density at radius 3 is 2.35 bits per heavy atom. The highest BCUT2D eigenvalue weighted by Crippen LogP contribution is 2.21. The molecule has 0 aromatic rings. The van der Waals surface area contributed by atoms with Crippen LogP contribution >= 0.6 is 0 Å². The molecule has 0 aliphatic carbocycles. The summed E-state index contributed by atoms with van der Waals surface area (Å²) in [6, 6.07) is 0.710. The number of hydrogen-bond donors (Lipinski definition) is 1. The van der Waals surface area contributed by atoms with Crippen LogP contribution in [0.1, 0.15) is 53.4 Å². The molecule has 1 saturated heterocycles. The van der Waals surface area contributed by atoms with E-state index in [-0.39, 0.29) is 0 Å². The van der Waals surface area contributed by atoms with Crippen LogP contribution in [-0.4, -0.2) is 37.1 Å². The molecule has 1 N–H and O–H groups in total. The minimum atomic E-state index is 0.710. The second-order valence-corrected chi connectivity index (χ2v) is 6.10. The monoisotopic (exact) mass is 240 g/mol. The van der Waals surface area contributed by atoms with Crippen molar-refractivity contribution in [2.45, 2.75) is 59.4 Å². The summed E-state index contributed by atoms with van der Waals surface area (Å²) >= 11 is 0. The first-order chi connectivity index (χ1) is 8.13. The SMILES string of the molecule is CCCNC(C)C1CCN(CCC(C)C)CC1. The van der Waals surface area contributed by atoms with Crippen LogP contribution in [0.15, 0.2) is 0 Å². The van der Waals surface area contributed by atoms with E-state index in [9.17, 15) is 0 Å². The van der Waals surface area contributed by atoms with Crippen molar-refractivity contribution in [1.29, 1.82) is 0 Å². The van der Waals surface area contributed by atoms with E-state index in [2.05, 4.69) is 37.9 Å². The Labute approximate surface area is 108 Å². The van der Waals surface area contributed by atoms with E-state index in [1.807, 2.05) is 0 Å². The summed E-state index contributed by atoms with van der Waals surface area (Å²) in [4.78, 5) is 2.66. The van der Waals surface area contributed by atoms with Crippen molar-refractivity contribution in [1.82, 2.24) is 10.2 Å². The summed E-state index contributed by atoms with van der Waals surface area (Å²) in [6.45, 7) is 14.4. The maximum atomic E-state index is 3.65. The molecule has 2 heteroatoms. The van der Waals surface area contributed by atoms with Gasteiger partial charge in [-0.1, -0.05) is 20.8 Å². The van der Waals surface area contributed by atoms with Gasteiger partial charge in [0.25, 0.3) is 0 Å². The Bertz CT molecular complexity index is 183. The number of nitrogens with zero attached hydrogens (tertiary/aromatic N) is 1. The molecule has 17 heavy (non-hydrogen) atoms. The fourth-order valence-electron chi connectivity index (χ4n) is 2.66. The number of hydrogen-bond acceptors (Lipinski definition) is 2. The van der Waals surface area contributed by atoms with E-state index in [4.69, 9.17) is 0 Å². The standard InChI is InChI=1S/C15H32N2/c1-5-9-16-14(4)15-7-11-17(12-8-15)10-6-13(2)3/h13-16H,5-12H2,1-4H3. The molecule has 1 atom stereocenters. The van der Waals surface area contributed by atoms with Crippen molar-refractivity contribution < 1.29 is 0 Å². The molecular formula is C15H32N2. The van der Waals surface area contributed by atoms with Gasteiger partial charge in [0.2, 0.25) is 0 Å². The topological polar surface area (TPSA) is 15.3 Å². The lowest BCUT2D eigenvalue weighted by Gasteiger charge is -2.35. The number of nitrogens with one attached hydrogen (secondary N) is 1. The third-order valence-electron chi connectivity index (χ3n) is 4.08. The summed E-state index contributed by atoms with van der Waals surface area (Å²) in [5.74, 6) is 1.75. The fraction of sp³-hybridized carbons (Fsp3) is 1.00. The summed E-state index contributed by atoms with van der Waals surface area (Å²) in [7, 11) is 0. The Kier molecular flexibility index (Phi) is 7.14. The molecule has 0 bridgehead atoms. The Morgan fingerprint density at radius 1 is 1.18 bits per heavy atom. The first-order valence-electron chi connectivity index (χ1n) is 7.59. The highest BCUT2D eigenvalue weighted by atomic mass is 15.1. The van der Waals surface area contributed by atoms with Crippen LogP contribution in [-0.2, 0) is 0 Å². The highest BCUT2D eigenvalue weighted by Gasteiger charge is 2.23. The van der Waals surface area contributed by atoms with Crippen molar-refractivity contribution in [3.8, 4) is 0 Å². The quantitative estimate of drug-likeness (QED) is 0.735. The molecule has 1 fully saturated rings. The minimum absolute atomic E-state index is 0.710. The van der Waals surface area contributed by atoms with E-state index < -0.39 is 0 Å². The van der Waals surface area contributed by atoms with Crippen LogP contribution in [0.4, 0.5) is 0 Å². The molecule has 1 unspecified atom stereocenters. The van der Waals surface area contributed by atoms with E-state index in [1.54, 1.807) is 0 Å². The van der Waals surface area contributed by atoms with Gasteiger partial charge in [0.15, 0.2) is 0 Å². The predicted octanol–water partition coefficient (Wildman–Crippen LogP) is 3.13. The number of piperidine rings is 1. The second kappa shape index (κ2) is 8.10. The first kappa shape index (κ1) is 15.0. The lowest BCUT2D eigenvalue weighted by atomic mass is 9.90. The zero-order valence-electron chi connectivity index (χ0n) is 12.3. The van der Waals surface area contributed by atoms with Crippen LogP contribution in [0.25, 0.3) is 0 Å². The van der Waals surface area contributed by atoms with E-state index in [1.165, 1.54) is 51.9 Å². The van der Waals surface area contributed by atoms with Gasteiger partial charge in [0.1, 0.15) is 0 Å². The molecule has 1 rings (SSSR count). The van der Waals surface area contributed by atoms with Gasteiger partial charge in [0.05, 0.1) is 0 Å². The zero-order chi connectivity index (χ0) is 12.7. The van der Waals surface area contributed by atoms with E-state index in [0.29, 0.717) is 6.04 Å². The zero-order valence-corrected chi connectivity index (χ0v) is 12.3. The molecule has 1 aliphatic rings. The molecule has 1 heterocycles. The van der Waals surface area contributed by atoms with Gasteiger partial charge in [-0.3, -0.25) is 0 Å². The molecule has 0 radical (unpaired) electrons. The molecule has 0 saturated carbocycles. The van der Waals surface area contributed by atoms with Crippen molar-refractivity contribution >= 4 is 0 Å². The van der Waals surface area contributed by atoms with Crippen LogP contribution in [0, 0.1) is 11.8 Å². The van der Waals surface area contributed by atoms with Gasteiger partial charge in [-0.25, -0.2) is 0 Å². The predicted molar refractivity (Wildman–Crippen MR) is 76.4 cm³/mol.